The molecule has 2 rings (SSSR count). The smallest absolute Gasteiger partial charge is 0.428 e. The van der Waals surface area contributed by atoms with Gasteiger partial charge in [-0.1, -0.05) is 36.4 Å². The molecular weight excluding hydrogens is 387 g/mol. The molecule has 0 N–H and O–H groups in total. The van der Waals surface area contributed by atoms with Crippen molar-refractivity contribution in [3.8, 4) is 16.9 Å². The highest BCUT2D eigenvalue weighted by atomic mass is 19.1. The Morgan fingerprint density at radius 1 is 1.03 bits per heavy atom. The van der Waals surface area contributed by atoms with E-state index in [0.29, 0.717) is 5.56 Å². The van der Waals surface area contributed by atoms with Crippen molar-refractivity contribution >= 4 is 6.16 Å². The third kappa shape index (κ3) is 6.54. The van der Waals surface area contributed by atoms with Gasteiger partial charge in [-0.2, -0.15) is 0 Å². The fourth-order valence-corrected chi connectivity index (χ4v) is 3.04. The van der Waals surface area contributed by atoms with Crippen LogP contribution in [0.3, 0.4) is 0 Å². The van der Waals surface area contributed by atoms with Gasteiger partial charge in [-0.05, 0) is 56.5 Å². The van der Waals surface area contributed by atoms with Crippen LogP contribution in [0.25, 0.3) is 11.1 Å². The molecule has 0 radical (unpaired) electrons. The molecule has 0 aliphatic rings. The Bertz CT molecular complexity index is 831. The first-order chi connectivity index (χ1) is 14.1. The Hall–Kier alpha value is -2.44. The van der Waals surface area contributed by atoms with Crippen LogP contribution in [0.15, 0.2) is 48.5 Å². The number of hydrogen-bond donors (Lipinski definition) is 0. The Labute approximate surface area is 178 Å². The number of carbonyl (C=O) groups is 1. The number of rotatable bonds is 8. The first-order valence-electron chi connectivity index (χ1n) is 9.85. The van der Waals surface area contributed by atoms with Crippen molar-refractivity contribution in [1.82, 2.24) is 0 Å². The lowest BCUT2D eigenvalue weighted by atomic mass is 9.90. The van der Waals surface area contributed by atoms with E-state index in [9.17, 15) is 4.79 Å². The maximum atomic E-state index is 15.3. The van der Waals surface area contributed by atoms with E-state index in [1.165, 1.54) is 14.2 Å². The molecule has 0 spiro atoms. The average Bonchev–Trinajstić information content (AvgIpc) is 2.67. The monoisotopic (exact) mass is 418 g/mol. The first kappa shape index (κ1) is 23.8. The van der Waals surface area contributed by atoms with Gasteiger partial charge in [0.15, 0.2) is 0 Å². The molecule has 2 unspecified atom stereocenters. The van der Waals surface area contributed by atoms with E-state index in [1.54, 1.807) is 39.8 Å². The number of hydrogen-bond acceptors (Lipinski definition) is 5. The quantitative estimate of drug-likeness (QED) is 0.413. The number of benzene rings is 2. The summed E-state index contributed by atoms with van der Waals surface area (Å²) in [6.45, 7) is 7.05. The average molecular weight is 419 g/mol. The lowest BCUT2D eigenvalue weighted by Crippen LogP contribution is -2.44. The zero-order chi connectivity index (χ0) is 22.4. The molecule has 0 saturated carbocycles. The second-order valence-corrected chi connectivity index (χ2v) is 8.37. The zero-order valence-corrected chi connectivity index (χ0v) is 18.5. The van der Waals surface area contributed by atoms with E-state index in [2.05, 4.69) is 0 Å². The molecule has 0 heterocycles. The Balaban J connectivity index is 2.37. The fourth-order valence-electron chi connectivity index (χ4n) is 3.04. The molecule has 0 aromatic heterocycles. The van der Waals surface area contributed by atoms with Gasteiger partial charge in [0.05, 0.1) is 6.61 Å². The molecule has 0 aliphatic carbocycles. The molecule has 0 fully saturated rings. The summed E-state index contributed by atoms with van der Waals surface area (Å²) in [7, 11) is 2.97. The van der Waals surface area contributed by atoms with E-state index in [0.717, 1.165) is 11.1 Å². The summed E-state index contributed by atoms with van der Waals surface area (Å²) in [6, 6.07) is 14.8. The Kier molecular flexibility index (Phi) is 7.98. The van der Waals surface area contributed by atoms with Gasteiger partial charge in [0.2, 0.25) is 0 Å². The van der Waals surface area contributed by atoms with Gasteiger partial charge in [0.25, 0.3) is 0 Å². The summed E-state index contributed by atoms with van der Waals surface area (Å²) in [5.74, 6) is 0.289. The Morgan fingerprint density at radius 2 is 1.70 bits per heavy atom. The predicted octanol–water partition coefficient (Wildman–Crippen LogP) is 5.60. The number of carbonyl (C=O) groups excluding carboxylic acids is 1. The molecule has 2 aromatic rings. The zero-order valence-electron chi connectivity index (χ0n) is 18.5. The van der Waals surface area contributed by atoms with E-state index in [1.807, 2.05) is 36.4 Å². The van der Waals surface area contributed by atoms with Crippen LogP contribution >= 0.6 is 0 Å². The number of methoxy groups -OCH3 is 2. The van der Waals surface area contributed by atoms with E-state index >= 15 is 4.39 Å². The molecule has 164 valence electrons. The molecule has 0 bridgehead atoms. The van der Waals surface area contributed by atoms with Crippen LogP contribution in [-0.2, 0) is 20.6 Å². The SMILES string of the molecule is COCC(C)(OC)C(F)Cc1cc(OC(=O)OC(C)(C)C)ccc1-c1ccccc1. The summed E-state index contributed by atoms with van der Waals surface area (Å²) >= 11 is 0. The van der Waals surface area contributed by atoms with Crippen LogP contribution in [-0.4, -0.2) is 44.4 Å². The molecule has 0 saturated heterocycles. The van der Waals surface area contributed by atoms with Crippen LogP contribution in [0.1, 0.15) is 33.3 Å². The van der Waals surface area contributed by atoms with Crippen LogP contribution < -0.4 is 4.74 Å². The third-order valence-corrected chi connectivity index (χ3v) is 4.71. The molecule has 2 aromatic carbocycles. The topological polar surface area (TPSA) is 54.0 Å². The first-order valence-corrected chi connectivity index (χ1v) is 9.85. The van der Waals surface area contributed by atoms with Gasteiger partial charge in [-0.3, -0.25) is 0 Å². The summed E-state index contributed by atoms with van der Waals surface area (Å²) < 4.78 is 36.4. The second kappa shape index (κ2) is 10.0. The highest BCUT2D eigenvalue weighted by molar-refractivity contribution is 5.70. The van der Waals surface area contributed by atoms with Gasteiger partial charge < -0.3 is 18.9 Å². The van der Waals surface area contributed by atoms with Crippen molar-refractivity contribution < 1.29 is 28.1 Å². The lowest BCUT2D eigenvalue weighted by molar-refractivity contribution is -0.0979. The molecule has 30 heavy (non-hydrogen) atoms. The number of ether oxygens (including phenoxy) is 4. The highest BCUT2D eigenvalue weighted by Crippen LogP contribution is 2.32. The van der Waals surface area contributed by atoms with Crippen LogP contribution in [0.5, 0.6) is 5.75 Å². The van der Waals surface area contributed by atoms with Gasteiger partial charge in [0, 0.05) is 20.6 Å². The molecule has 0 aliphatic heterocycles. The van der Waals surface area contributed by atoms with Gasteiger partial charge in [0.1, 0.15) is 23.1 Å². The van der Waals surface area contributed by atoms with E-state index in [-0.39, 0.29) is 18.8 Å². The number of alkyl halides is 1. The minimum absolute atomic E-state index is 0.0590. The minimum atomic E-state index is -1.35. The van der Waals surface area contributed by atoms with Crippen molar-refractivity contribution in [3.05, 3.63) is 54.1 Å². The van der Waals surface area contributed by atoms with Crippen LogP contribution in [0.4, 0.5) is 9.18 Å². The van der Waals surface area contributed by atoms with Crippen LogP contribution in [0, 0.1) is 0 Å². The van der Waals surface area contributed by atoms with Crippen LogP contribution in [0.2, 0.25) is 0 Å². The molecule has 5 nitrogen and oxygen atoms in total. The van der Waals surface area contributed by atoms with E-state index < -0.39 is 23.5 Å². The predicted molar refractivity (Wildman–Crippen MR) is 115 cm³/mol. The normalized spacial score (nSPS) is 14.6. The van der Waals surface area contributed by atoms with Gasteiger partial charge in [-0.25, -0.2) is 9.18 Å². The van der Waals surface area contributed by atoms with Crippen molar-refractivity contribution in [2.45, 2.75) is 51.5 Å². The van der Waals surface area contributed by atoms with Gasteiger partial charge in [-0.15, -0.1) is 0 Å². The minimum Gasteiger partial charge on any atom is -0.428 e. The molecule has 6 heteroatoms. The summed E-state index contributed by atoms with van der Waals surface area (Å²) in [4.78, 5) is 12.1. The highest BCUT2D eigenvalue weighted by Gasteiger charge is 2.35. The Morgan fingerprint density at radius 3 is 2.27 bits per heavy atom. The van der Waals surface area contributed by atoms with Crippen molar-refractivity contribution in [2.24, 2.45) is 0 Å². The molecule has 0 amide bonds. The molecule has 2 atom stereocenters. The maximum absolute atomic E-state index is 15.3. The van der Waals surface area contributed by atoms with Gasteiger partial charge >= 0.3 is 6.16 Å². The van der Waals surface area contributed by atoms with Crippen molar-refractivity contribution in [3.63, 3.8) is 0 Å². The fraction of sp³-hybridized carbons (Fsp3) is 0.458. The van der Waals surface area contributed by atoms with Crippen molar-refractivity contribution in [2.75, 3.05) is 20.8 Å². The maximum Gasteiger partial charge on any atom is 0.514 e. The molecular formula is C24H31FO5. The summed E-state index contributed by atoms with van der Waals surface area (Å²) in [5, 5.41) is 0. The lowest BCUT2D eigenvalue weighted by Gasteiger charge is -2.31. The third-order valence-electron chi connectivity index (χ3n) is 4.71. The largest absolute Gasteiger partial charge is 0.514 e. The number of halogens is 1. The van der Waals surface area contributed by atoms with E-state index in [4.69, 9.17) is 18.9 Å². The summed E-state index contributed by atoms with van der Waals surface area (Å²) in [6.07, 6.45) is -2.09. The second-order valence-electron chi connectivity index (χ2n) is 8.37. The van der Waals surface area contributed by atoms with Crippen molar-refractivity contribution in [1.29, 1.82) is 0 Å². The standard InChI is InChI=1S/C24H31FO5/c1-23(2,3)30-22(26)29-19-12-13-20(17-10-8-7-9-11-17)18(14-19)15-21(25)24(4,28-6)16-27-5/h7-14,21H,15-16H2,1-6H3. The summed E-state index contributed by atoms with van der Waals surface area (Å²) in [5.41, 5.74) is 0.702.